The summed E-state index contributed by atoms with van der Waals surface area (Å²) in [7, 11) is 0. The molecule has 2 atom stereocenters. The van der Waals surface area contributed by atoms with Crippen molar-refractivity contribution in [3.8, 4) is 0 Å². The second kappa shape index (κ2) is 6.93. The molecule has 0 aliphatic carbocycles. The van der Waals surface area contributed by atoms with E-state index in [2.05, 4.69) is 43.9 Å². The van der Waals surface area contributed by atoms with Crippen LogP contribution >= 0.6 is 0 Å². The summed E-state index contributed by atoms with van der Waals surface area (Å²) in [5, 5.41) is 0. The Morgan fingerprint density at radius 1 is 1.19 bits per heavy atom. The van der Waals surface area contributed by atoms with Gasteiger partial charge in [0.1, 0.15) is 0 Å². The maximum absolute atomic E-state index is 13.8. The largest absolute Gasteiger partial charge is 0.339 e. The summed E-state index contributed by atoms with van der Waals surface area (Å²) < 4.78 is 0. The van der Waals surface area contributed by atoms with E-state index in [-0.39, 0.29) is 17.9 Å². The third-order valence-corrected chi connectivity index (χ3v) is 6.79. The normalized spacial score (nSPS) is 28.9. The molecule has 0 radical (unpaired) electrons. The highest BCUT2D eigenvalue weighted by atomic mass is 16.2. The number of hydrogen-bond donors (Lipinski definition) is 0. The lowest BCUT2D eigenvalue weighted by atomic mass is 9.76. The van der Waals surface area contributed by atoms with Crippen molar-refractivity contribution in [1.82, 2.24) is 14.7 Å². The van der Waals surface area contributed by atoms with Crippen LogP contribution in [-0.4, -0.2) is 71.3 Å². The van der Waals surface area contributed by atoms with Gasteiger partial charge in [0.05, 0.1) is 5.41 Å². The molecule has 0 bridgehead atoms. The molecular weight excluding hydrogens is 338 g/mol. The summed E-state index contributed by atoms with van der Waals surface area (Å²) in [6.07, 6.45) is 2.29. The number of amides is 2. The van der Waals surface area contributed by atoms with Gasteiger partial charge in [-0.15, -0.1) is 0 Å². The van der Waals surface area contributed by atoms with Crippen LogP contribution in [0.3, 0.4) is 0 Å². The molecule has 3 aliphatic rings. The number of benzene rings is 1. The van der Waals surface area contributed by atoms with Crippen molar-refractivity contribution < 1.29 is 9.59 Å². The first kappa shape index (κ1) is 18.5. The highest BCUT2D eigenvalue weighted by molar-refractivity contribution is 5.91. The lowest BCUT2D eigenvalue weighted by molar-refractivity contribution is -0.139. The summed E-state index contributed by atoms with van der Waals surface area (Å²) in [6, 6.07) is 9.09. The smallest absolute Gasteiger partial charge is 0.235 e. The highest BCUT2D eigenvalue weighted by Gasteiger charge is 2.55. The molecule has 0 N–H and O–H groups in total. The van der Waals surface area contributed by atoms with Crippen LogP contribution in [0.15, 0.2) is 24.3 Å². The Morgan fingerprint density at radius 2 is 1.93 bits per heavy atom. The summed E-state index contributed by atoms with van der Waals surface area (Å²) in [6.45, 7) is 10.5. The second-order valence-corrected chi connectivity index (χ2v) is 8.79. The topological polar surface area (TPSA) is 43.9 Å². The minimum Gasteiger partial charge on any atom is -0.339 e. The van der Waals surface area contributed by atoms with Crippen molar-refractivity contribution >= 4 is 11.8 Å². The van der Waals surface area contributed by atoms with Gasteiger partial charge in [0.2, 0.25) is 11.8 Å². The van der Waals surface area contributed by atoms with Gasteiger partial charge in [-0.05, 0) is 39.2 Å². The fourth-order valence-electron chi connectivity index (χ4n) is 5.15. The average Bonchev–Trinajstić information content (AvgIpc) is 3.21. The summed E-state index contributed by atoms with van der Waals surface area (Å²) in [4.78, 5) is 32.6. The van der Waals surface area contributed by atoms with Crippen molar-refractivity contribution in [1.29, 1.82) is 0 Å². The Labute approximate surface area is 162 Å². The van der Waals surface area contributed by atoms with Crippen LogP contribution in [-0.2, 0) is 15.0 Å². The molecular formula is C22H31N3O2. The fraction of sp³-hybridized carbons (Fsp3) is 0.636. The number of nitrogens with zero attached hydrogens (tertiary/aromatic N) is 3. The Bertz CT molecular complexity index is 739. The molecule has 0 aromatic heterocycles. The van der Waals surface area contributed by atoms with Crippen molar-refractivity contribution in [2.45, 2.75) is 57.5 Å². The van der Waals surface area contributed by atoms with E-state index in [0.717, 1.165) is 44.6 Å². The maximum atomic E-state index is 13.8. The maximum Gasteiger partial charge on any atom is 0.235 e. The molecule has 2 amide bonds. The van der Waals surface area contributed by atoms with Gasteiger partial charge in [-0.2, -0.15) is 0 Å². The lowest BCUT2D eigenvalue weighted by Gasteiger charge is -2.41. The summed E-state index contributed by atoms with van der Waals surface area (Å²) in [5.74, 6) is 0.436. The van der Waals surface area contributed by atoms with Crippen LogP contribution in [0.4, 0.5) is 0 Å². The van der Waals surface area contributed by atoms with E-state index in [9.17, 15) is 9.59 Å². The SMILES string of the molecule is Cc1cccc([C@]2(C(=O)N3CCN(C(C)C)CC3)C[C@@H]3CCC(=O)N3C2)c1. The second-order valence-electron chi connectivity index (χ2n) is 8.79. The molecule has 3 fully saturated rings. The molecule has 4 rings (SSSR count). The van der Waals surface area contributed by atoms with E-state index in [1.807, 2.05) is 15.9 Å². The van der Waals surface area contributed by atoms with Gasteiger partial charge >= 0.3 is 0 Å². The van der Waals surface area contributed by atoms with Gasteiger partial charge in [0.25, 0.3) is 0 Å². The minimum absolute atomic E-state index is 0.215. The van der Waals surface area contributed by atoms with E-state index >= 15 is 0 Å². The summed E-state index contributed by atoms with van der Waals surface area (Å²) >= 11 is 0. The number of carbonyl (C=O) groups is 2. The quantitative estimate of drug-likeness (QED) is 0.820. The van der Waals surface area contributed by atoms with Crippen molar-refractivity contribution in [3.63, 3.8) is 0 Å². The van der Waals surface area contributed by atoms with Crippen LogP contribution in [0.5, 0.6) is 0 Å². The monoisotopic (exact) mass is 369 g/mol. The van der Waals surface area contributed by atoms with Crippen LogP contribution in [0.25, 0.3) is 0 Å². The zero-order valence-corrected chi connectivity index (χ0v) is 16.8. The molecule has 27 heavy (non-hydrogen) atoms. The number of fused-ring (bicyclic) bond motifs is 1. The van der Waals surface area contributed by atoms with Gasteiger partial charge < -0.3 is 9.80 Å². The highest BCUT2D eigenvalue weighted by Crippen LogP contribution is 2.44. The Morgan fingerprint density at radius 3 is 2.56 bits per heavy atom. The Kier molecular flexibility index (Phi) is 4.75. The van der Waals surface area contributed by atoms with Crippen LogP contribution in [0, 0.1) is 6.92 Å². The number of piperazine rings is 1. The van der Waals surface area contributed by atoms with Crippen molar-refractivity contribution in [2.24, 2.45) is 0 Å². The van der Waals surface area contributed by atoms with E-state index in [0.29, 0.717) is 19.0 Å². The lowest BCUT2D eigenvalue weighted by Crippen LogP contribution is -2.56. The van der Waals surface area contributed by atoms with Gasteiger partial charge in [-0.1, -0.05) is 29.8 Å². The first-order chi connectivity index (χ1) is 12.9. The molecule has 0 spiro atoms. The third kappa shape index (κ3) is 3.16. The van der Waals surface area contributed by atoms with Crippen LogP contribution < -0.4 is 0 Å². The van der Waals surface area contributed by atoms with Gasteiger partial charge in [-0.25, -0.2) is 0 Å². The summed E-state index contributed by atoms with van der Waals surface area (Å²) in [5.41, 5.74) is 1.68. The minimum atomic E-state index is -0.577. The van der Waals surface area contributed by atoms with E-state index < -0.39 is 5.41 Å². The van der Waals surface area contributed by atoms with Crippen molar-refractivity contribution in [2.75, 3.05) is 32.7 Å². The molecule has 146 valence electrons. The standard InChI is InChI=1S/C22H31N3O2/c1-16(2)23-9-11-24(12-10-23)21(27)22(18-6-4-5-17(3)13-18)14-19-7-8-20(26)25(19)15-22/h4-6,13,16,19H,7-12,14-15H2,1-3H3/t19-,22-/m0/s1. The predicted molar refractivity (Wildman–Crippen MR) is 105 cm³/mol. The van der Waals surface area contributed by atoms with E-state index in [4.69, 9.17) is 0 Å². The average molecular weight is 370 g/mol. The van der Waals surface area contributed by atoms with E-state index in [1.54, 1.807) is 0 Å². The van der Waals surface area contributed by atoms with E-state index in [1.165, 1.54) is 5.56 Å². The fourth-order valence-corrected chi connectivity index (χ4v) is 5.15. The van der Waals surface area contributed by atoms with Crippen LogP contribution in [0.1, 0.15) is 44.2 Å². The molecule has 3 saturated heterocycles. The van der Waals surface area contributed by atoms with Gasteiger partial charge in [-0.3, -0.25) is 14.5 Å². The molecule has 5 heteroatoms. The third-order valence-electron chi connectivity index (χ3n) is 6.79. The Balaban J connectivity index is 1.63. The number of rotatable bonds is 3. The predicted octanol–water partition coefficient (Wildman–Crippen LogP) is 2.18. The molecule has 1 aromatic rings. The molecule has 0 saturated carbocycles. The molecule has 1 aromatic carbocycles. The molecule has 3 aliphatic heterocycles. The Hall–Kier alpha value is -1.88. The molecule has 0 unspecified atom stereocenters. The number of hydrogen-bond acceptors (Lipinski definition) is 3. The zero-order chi connectivity index (χ0) is 19.2. The number of aryl methyl sites for hydroxylation is 1. The number of carbonyl (C=O) groups excluding carboxylic acids is 2. The van der Waals surface area contributed by atoms with Crippen LogP contribution in [0.2, 0.25) is 0 Å². The zero-order valence-electron chi connectivity index (χ0n) is 16.8. The van der Waals surface area contributed by atoms with Gasteiger partial charge in [0, 0.05) is 51.2 Å². The van der Waals surface area contributed by atoms with Crippen molar-refractivity contribution in [3.05, 3.63) is 35.4 Å². The first-order valence-corrected chi connectivity index (χ1v) is 10.3. The first-order valence-electron chi connectivity index (χ1n) is 10.3. The molecule has 3 heterocycles. The molecule has 5 nitrogen and oxygen atoms in total. The van der Waals surface area contributed by atoms with Gasteiger partial charge in [0.15, 0.2) is 0 Å².